The van der Waals surface area contributed by atoms with E-state index >= 15 is 0 Å². The minimum Gasteiger partial charge on any atom is -0.490 e. The molecule has 2 aromatic carbocycles. The molecule has 5 heteroatoms. The smallest absolute Gasteiger partial charge is 0.269 e. The zero-order valence-electron chi connectivity index (χ0n) is 13.5. The Morgan fingerprint density at radius 1 is 0.958 bits per heavy atom. The van der Waals surface area contributed by atoms with Crippen LogP contribution in [0.1, 0.15) is 33.2 Å². The molecule has 2 amide bonds. The van der Waals surface area contributed by atoms with Crippen molar-refractivity contribution in [3.63, 3.8) is 0 Å². The summed E-state index contributed by atoms with van der Waals surface area (Å²) >= 11 is 0. The molecule has 124 valence electrons. The van der Waals surface area contributed by atoms with Crippen LogP contribution in [0.25, 0.3) is 0 Å². The van der Waals surface area contributed by atoms with Gasteiger partial charge in [0, 0.05) is 11.1 Å². The lowest BCUT2D eigenvalue weighted by Gasteiger charge is -2.08. The molecule has 0 fully saturated rings. The Morgan fingerprint density at radius 2 is 1.46 bits per heavy atom. The van der Waals surface area contributed by atoms with E-state index in [-0.39, 0.29) is 5.91 Å². The van der Waals surface area contributed by atoms with Crippen molar-refractivity contribution in [2.45, 2.75) is 13.3 Å². The molecule has 0 heterocycles. The molecule has 2 aromatic rings. The van der Waals surface area contributed by atoms with Gasteiger partial charge in [0.25, 0.3) is 11.8 Å². The molecule has 0 aliphatic rings. The van der Waals surface area contributed by atoms with Crippen molar-refractivity contribution in [1.29, 1.82) is 0 Å². The van der Waals surface area contributed by atoms with Crippen LogP contribution < -0.4 is 15.6 Å². The summed E-state index contributed by atoms with van der Waals surface area (Å²) in [5.74, 6) is -0.118. The number of benzene rings is 2. The first-order valence-corrected chi connectivity index (χ1v) is 7.67. The van der Waals surface area contributed by atoms with Crippen LogP contribution in [0.2, 0.25) is 0 Å². The van der Waals surface area contributed by atoms with E-state index in [9.17, 15) is 9.59 Å². The third kappa shape index (κ3) is 4.71. The zero-order chi connectivity index (χ0) is 17.4. The molecule has 2 rings (SSSR count). The number of ether oxygens (including phenoxy) is 1. The second-order valence-electron chi connectivity index (χ2n) is 5.08. The van der Waals surface area contributed by atoms with Gasteiger partial charge < -0.3 is 4.74 Å². The topological polar surface area (TPSA) is 67.4 Å². The van der Waals surface area contributed by atoms with Gasteiger partial charge in [-0.05, 0) is 48.4 Å². The summed E-state index contributed by atoms with van der Waals surface area (Å²) in [6, 6.07) is 13.8. The number of carbonyl (C=O) groups excluding carboxylic acids is 2. The van der Waals surface area contributed by atoms with Gasteiger partial charge >= 0.3 is 0 Å². The highest BCUT2D eigenvalue weighted by Gasteiger charge is 2.09. The SMILES string of the molecule is C=CCOc1ccc(C(=O)NNC(=O)c2ccc(CC)cc2)cc1. The zero-order valence-corrected chi connectivity index (χ0v) is 13.5. The first-order valence-electron chi connectivity index (χ1n) is 7.67. The third-order valence-electron chi connectivity index (χ3n) is 3.40. The Kier molecular flexibility index (Phi) is 6.14. The highest BCUT2D eigenvalue weighted by molar-refractivity contribution is 5.99. The summed E-state index contributed by atoms with van der Waals surface area (Å²) < 4.78 is 5.35. The van der Waals surface area contributed by atoms with Gasteiger partial charge in [-0.2, -0.15) is 0 Å². The fourth-order valence-electron chi connectivity index (χ4n) is 2.01. The molecule has 0 radical (unpaired) electrons. The fraction of sp³-hybridized carbons (Fsp3) is 0.158. The maximum atomic E-state index is 12.0. The molecule has 0 bridgehead atoms. The van der Waals surface area contributed by atoms with E-state index in [1.807, 2.05) is 19.1 Å². The molecule has 0 saturated carbocycles. The summed E-state index contributed by atoms with van der Waals surface area (Å²) in [7, 11) is 0. The Bertz CT molecular complexity index is 706. The predicted molar refractivity (Wildman–Crippen MR) is 92.9 cm³/mol. The number of amides is 2. The van der Waals surface area contributed by atoms with E-state index in [0.717, 1.165) is 12.0 Å². The van der Waals surface area contributed by atoms with E-state index in [1.165, 1.54) is 0 Å². The van der Waals surface area contributed by atoms with Crippen LogP contribution in [-0.2, 0) is 6.42 Å². The van der Waals surface area contributed by atoms with Crippen LogP contribution in [0, 0.1) is 0 Å². The normalized spacial score (nSPS) is 9.88. The monoisotopic (exact) mass is 324 g/mol. The van der Waals surface area contributed by atoms with E-state index < -0.39 is 5.91 Å². The van der Waals surface area contributed by atoms with Crippen LogP contribution >= 0.6 is 0 Å². The van der Waals surface area contributed by atoms with Gasteiger partial charge in [0.15, 0.2) is 0 Å². The van der Waals surface area contributed by atoms with Gasteiger partial charge in [-0.3, -0.25) is 20.4 Å². The maximum Gasteiger partial charge on any atom is 0.269 e. The molecule has 0 aliphatic carbocycles. The highest BCUT2D eigenvalue weighted by Crippen LogP contribution is 2.12. The summed E-state index contributed by atoms with van der Waals surface area (Å²) in [5.41, 5.74) is 6.85. The number of hydrogen-bond donors (Lipinski definition) is 2. The second-order valence-corrected chi connectivity index (χ2v) is 5.08. The van der Waals surface area contributed by atoms with Crippen LogP contribution in [0.3, 0.4) is 0 Å². The van der Waals surface area contributed by atoms with Crippen LogP contribution in [0.15, 0.2) is 61.2 Å². The molecule has 2 N–H and O–H groups in total. The van der Waals surface area contributed by atoms with Crippen LogP contribution in [0.5, 0.6) is 5.75 Å². The van der Waals surface area contributed by atoms with E-state index in [1.54, 1.807) is 42.5 Å². The molecule has 5 nitrogen and oxygen atoms in total. The number of hydrogen-bond acceptors (Lipinski definition) is 3. The maximum absolute atomic E-state index is 12.0. The first-order chi connectivity index (χ1) is 11.6. The summed E-state index contributed by atoms with van der Waals surface area (Å²) in [6.07, 6.45) is 2.55. The van der Waals surface area contributed by atoms with Gasteiger partial charge in [0.1, 0.15) is 12.4 Å². The van der Waals surface area contributed by atoms with E-state index in [4.69, 9.17) is 4.74 Å². The van der Waals surface area contributed by atoms with Gasteiger partial charge in [0.05, 0.1) is 0 Å². The van der Waals surface area contributed by atoms with Crippen molar-refractivity contribution < 1.29 is 14.3 Å². The van der Waals surface area contributed by atoms with Gasteiger partial charge in [-0.1, -0.05) is 31.7 Å². The number of aryl methyl sites for hydroxylation is 1. The van der Waals surface area contributed by atoms with Crippen molar-refractivity contribution >= 4 is 11.8 Å². The Morgan fingerprint density at radius 3 is 1.92 bits per heavy atom. The van der Waals surface area contributed by atoms with Crippen molar-refractivity contribution in [2.24, 2.45) is 0 Å². The molecular weight excluding hydrogens is 304 g/mol. The first kappa shape index (κ1) is 17.3. The molecule has 0 saturated heterocycles. The largest absolute Gasteiger partial charge is 0.490 e. The minimum absolute atomic E-state index is 0.364. The van der Waals surface area contributed by atoms with Crippen molar-refractivity contribution in [2.75, 3.05) is 6.61 Å². The lowest BCUT2D eigenvalue weighted by molar-refractivity contribution is 0.0846. The van der Waals surface area contributed by atoms with Crippen LogP contribution in [-0.4, -0.2) is 18.4 Å². The Labute approximate surface area is 141 Å². The van der Waals surface area contributed by atoms with Crippen molar-refractivity contribution in [3.05, 3.63) is 77.9 Å². The van der Waals surface area contributed by atoms with Crippen LogP contribution in [0.4, 0.5) is 0 Å². The predicted octanol–water partition coefficient (Wildman–Crippen LogP) is 2.89. The Balaban J connectivity index is 1.89. The van der Waals surface area contributed by atoms with Crippen molar-refractivity contribution in [3.8, 4) is 5.75 Å². The molecule has 24 heavy (non-hydrogen) atoms. The summed E-state index contributed by atoms with van der Waals surface area (Å²) in [4.78, 5) is 24.0. The lowest BCUT2D eigenvalue weighted by atomic mass is 10.1. The average Bonchev–Trinajstić information content (AvgIpc) is 2.64. The summed E-state index contributed by atoms with van der Waals surface area (Å²) in [6.45, 7) is 6.01. The molecule has 0 atom stereocenters. The highest BCUT2D eigenvalue weighted by atomic mass is 16.5. The minimum atomic E-state index is -0.399. The molecular formula is C19H20N2O3. The van der Waals surface area contributed by atoms with Gasteiger partial charge in [-0.25, -0.2) is 0 Å². The lowest BCUT2D eigenvalue weighted by Crippen LogP contribution is -2.41. The van der Waals surface area contributed by atoms with E-state index in [2.05, 4.69) is 17.4 Å². The molecule has 0 unspecified atom stereocenters. The fourth-order valence-corrected chi connectivity index (χ4v) is 2.01. The van der Waals surface area contributed by atoms with Crippen molar-refractivity contribution in [1.82, 2.24) is 10.9 Å². The summed E-state index contributed by atoms with van der Waals surface area (Å²) in [5, 5.41) is 0. The number of hydrazine groups is 1. The molecule has 0 spiro atoms. The van der Waals surface area contributed by atoms with E-state index in [0.29, 0.717) is 23.5 Å². The average molecular weight is 324 g/mol. The third-order valence-corrected chi connectivity index (χ3v) is 3.40. The molecule has 0 aromatic heterocycles. The number of nitrogens with one attached hydrogen (secondary N) is 2. The number of carbonyl (C=O) groups is 2. The number of rotatable bonds is 6. The standard InChI is InChI=1S/C19H20N2O3/c1-3-13-24-17-11-9-16(10-12-17)19(23)21-20-18(22)15-7-5-14(4-2)6-8-15/h3,5-12H,1,4,13H2,2H3,(H,20,22)(H,21,23). The van der Waals surface area contributed by atoms with Gasteiger partial charge in [-0.15, -0.1) is 0 Å². The molecule has 0 aliphatic heterocycles. The van der Waals surface area contributed by atoms with Gasteiger partial charge in [0.2, 0.25) is 0 Å². The quantitative estimate of drug-likeness (QED) is 0.634. The second kappa shape index (κ2) is 8.53. The Hall–Kier alpha value is -3.08.